The number of halogens is 1. The Kier molecular flexibility index (Phi) is 6.99. The second-order valence-corrected chi connectivity index (χ2v) is 7.38. The molecule has 0 radical (unpaired) electrons. The van der Waals surface area contributed by atoms with E-state index in [1.54, 1.807) is 39.5 Å². The molecule has 0 bridgehead atoms. The molecule has 30 heavy (non-hydrogen) atoms. The number of amides is 3. The van der Waals surface area contributed by atoms with Crippen molar-refractivity contribution in [1.29, 1.82) is 0 Å². The minimum Gasteiger partial charge on any atom is -0.501 e. The molecular weight excluding hydrogens is 408 g/mol. The summed E-state index contributed by atoms with van der Waals surface area (Å²) in [5, 5.41) is 11.8. The first-order valence-corrected chi connectivity index (χ1v) is 9.98. The van der Waals surface area contributed by atoms with Gasteiger partial charge in [-0.1, -0.05) is 23.7 Å². The van der Waals surface area contributed by atoms with Gasteiger partial charge >= 0.3 is 6.03 Å². The smallest absolute Gasteiger partial charge is 0.318 e. The van der Waals surface area contributed by atoms with E-state index >= 15 is 0 Å². The number of carbonyl (C=O) groups excluding carboxylic acids is 2. The lowest BCUT2D eigenvalue weighted by atomic mass is 9.93. The normalized spacial score (nSPS) is 18.5. The second kappa shape index (κ2) is 9.67. The summed E-state index contributed by atoms with van der Waals surface area (Å²) in [5.41, 5.74) is 2.43. The van der Waals surface area contributed by atoms with Crippen LogP contribution in [0.3, 0.4) is 0 Å². The average Bonchev–Trinajstić information content (AvgIpc) is 3.25. The van der Waals surface area contributed by atoms with E-state index in [2.05, 4.69) is 15.7 Å². The molecule has 9 heteroatoms. The van der Waals surface area contributed by atoms with Crippen LogP contribution in [0.4, 0.5) is 10.5 Å². The van der Waals surface area contributed by atoms with Crippen molar-refractivity contribution in [3.05, 3.63) is 52.5 Å². The molecule has 1 atom stereocenters. The number of carbonyl (C=O) groups is 2. The number of urea groups is 1. The van der Waals surface area contributed by atoms with Gasteiger partial charge in [-0.2, -0.15) is 5.10 Å². The molecule has 0 aromatic heterocycles. The van der Waals surface area contributed by atoms with Crippen molar-refractivity contribution in [3.63, 3.8) is 0 Å². The number of benzene rings is 1. The number of methoxy groups -OCH3 is 2. The Bertz CT molecular complexity index is 908. The van der Waals surface area contributed by atoms with Crippen LogP contribution in [0.25, 0.3) is 0 Å². The quantitative estimate of drug-likeness (QED) is 0.720. The van der Waals surface area contributed by atoms with Crippen LogP contribution >= 0.6 is 11.6 Å². The van der Waals surface area contributed by atoms with Crippen molar-refractivity contribution >= 4 is 34.9 Å². The van der Waals surface area contributed by atoms with Gasteiger partial charge in [-0.3, -0.25) is 4.79 Å². The summed E-state index contributed by atoms with van der Waals surface area (Å²) in [6.45, 7) is 0.526. The van der Waals surface area contributed by atoms with Crippen LogP contribution in [0, 0.1) is 5.92 Å². The maximum absolute atomic E-state index is 12.8. The first-order chi connectivity index (χ1) is 14.4. The minimum atomic E-state index is -0.280. The fraction of sp³-hybridized carbons (Fsp3) is 0.381. The summed E-state index contributed by atoms with van der Waals surface area (Å²) in [6, 6.07) is 7.08. The number of nitrogens with zero attached hydrogens (tertiary/aromatic N) is 2. The molecule has 160 valence electrons. The van der Waals surface area contributed by atoms with E-state index in [-0.39, 0.29) is 24.3 Å². The molecule has 1 aromatic rings. The number of hydrogen-bond acceptors (Lipinski definition) is 5. The number of anilines is 1. The number of hydrogen-bond donors (Lipinski definition) is 2. The van der Waals surface area contributed by atoms with Crippen LogP contribution in [0.15, 0.2) is 52.0 Å². The highest BCUT2D eigenvalue weighted by molar-refractivity contribution is 6.30. The number of ether oxygens (including phenoxy) is 2. The third kappa shape index (κ3) is 4.94. The first-order valence-electron chi connectivity index (χ1n) is 9.60. The lowest BCUT2D eigenvalue weighted by Gasteiger charge is -2.24. The number of allylic oxidation sites excluding steroid dienone is 3. The lowest BCUT2D eigenvalue weighted by Crippen LogP contribution is -2.27. The van der Waals surface area contributed by atoms with Crippen molar-refractivity contribution in [1.82, 2.24) is 10.3 Å². The largest absolute Gasteiger partial charge is 0.501 e. The molecule has 0 spiro atoms. The highest BCUT2D eigenvalue weighted by Crippen LogP contribution is 2.35. The Hall–Kier alpha value is -3.00. The van der Waals surface area contributed by atoms with Gasteiger partial charge in [0.2, 0.25) is 5.91 Å². The van der Waals surface area contributed by atoms with Gasteiger partial charge in [-0.05, 0) is 24.1 Å². The van der Waals surface area contributed by atoms with Crippen molar-refractivity contribution in [2.45, 2.75) is 19.3 Å². The molecule has 3 amide bonds. The zero-order valence-electron chi connectivity index (χ0n) is 17.2. The molecular formula is C21H25ClN4O4. The van der Waals surface area contributed by atoms with Crippen molar-refractivity contribution < 1.29 is 19.1 Å². The fourth-order valence-electron chi connectivity index (χ4n) is 3.41. The van der Waals surface area contributed by atoms with Gasteiger partial charge in [0.1, 0.15) is 11.5 Å². The van der Waals surface area contributed by atoms with E-state index < -0.39 is 0 Å². The summed E-state index contributed by atoms with van der Waals surface area (Å²) >= 11 is 6.27. The Labute approximate surface area is 180 Å². The van der Waals surface area contributed by atoms with Crippen LogP contribution in [-0.2, 0) is 14.3 Å². The predicted molar refractivity (Wildman–Crippen MR) is 115 cm³/mol. The second-order valence-electron chi connectivity index (χ2n) is 6.92. The van der Waals surface area contributed by atoms with Gasteiger partial charge in [0.25, 0.3) is 0 Å². The first kappa shape index (κ1) is 21.7. The van der Waals surface area contributed by atoms with Crippen LogP contribution in [-0.4, -0.2) is 50.5 Å². The Balaban J connectivity index is 1.64. The maximum atomic E-state index is 12.8. The molecule has 1 unspecified atom stereocenters. The summed E-state index contributed by atoms with van der Waals surface area (Å²) in [5.74, 6) is 1.00. The molecule has 0 saturated carbocycles. The van der Waals surface area contributed by atoms with Gasteiger partial charge < -0.3 is 20.1 Å². The third-order valence-electron chi connectivity index (χ3n) is 5.04. The molecule has 2 aliphatic rings. The van der Waals surface area contributed by atoms with Crippen LogP contribution in [0.5, 0.6) is 0 Å². The highest BCUT2D eigenvalue weighted by Gasteiger charge is 2.30. The molecule has 8 nitrogen and oxygen atoms in total. The topological polar surface area (TPSA) is 92.3 Å². The maximum Gasteiger partial charge on any atom is 0.318 e. The lowest BCUT2D eigenvalue weighted by molar-refractivity contribution is -0.131. The molecule has 0 fully saturated rings. The number of rotatable bonds is 6. The van der Waals surface area contributed by atoms with E-state index in [1.165, 1.54) is 5.01 Å². The summed E-state index contributed by atoms with van der Waals surface area (Å²) in [6.07, 6.45) is 3.13. The summed E-state index contributed by atoms with van der Waals surface area (Å²) in [7, 11) is 4.68. The molecule has 1 heterocycles. The van der Waals surface area contributed by atoms with E-state index in [0.717, 1.165) is 11.3 Å². The van der Waals surface area contributed by atoms with Crippen LogP contribution in [0.1, 0.15) is 24.8 Å². The molecule has 0 saturated heterocycles. The van der Waals surface area contributed by atoms with Gasteiger partial charge in [0.05, 0.1) is 31.5 Å². The average molecular weight is 433 g/mol. The van der Waals surface area contributed by atoms with Crippen molar-refractivity contribution in [2.24, 2.45) is 11.0 Å². The van der Waals surface area contributed by atoms with E-state index in [4.69, 9.17) is 21.1 Å². The van der Waals surface area contributed by atoms with E-state index in [1.807, 2.05) is 12.1 Å². The zero-order valence-corrected chi connectivity index (χ0v) is 18.0. The Morgan fingerprint density at radius 3 is 2.60 bits per heavy atom. The highest BCUT2D eigenvalue weighted by atomic mass is 35.5. The molecule has 1 aromatic carbocycles. The van der Waals surface area contributed by atoms with Gasteiger partial charge in [-0.15, -0.1) is 0 Å². The van der Waals surface area contributed by atoms with Crippen molar-refractivity contribution in [2.75, 3.05) is 33.1 Å². The standard InChI is InChI=1S/C21H25ClN4O4/c1-23-21(28)24-15-6-4-13(5-7-15)17-8-9-26(25-17)20(27)11-14-10-16(22)19(30-3)12-18(14)29-2/h4-7,12,14H,8-11H2,1-3H3,(H2,23,24,28). The summed E-state index contributed by atoms with van der Waals surface area (Å²) < 4.78 is 10.7. The SMILES string of the molecule is CNC(=O)Nc1ccc(C2=NN(C(=O)CC3CC(Cl)=C(OC)C=C3OC)CC2)cc1. The Morgan fingerprint density at radius 2 is 1.97 bits per heavy atom. The van der Waals surface area contributed by atoms with Gasteiger partial charge in [-0.25, -0.2) is 9.80 Å². The van der Waals surface area contributed by atoms with Crippen molar-refractivity contribution in [3.8, 4) is 0 Å². The molecule has 2 N–H and O–H groups in total. The third-order valence-corrected chi connectivity index (χ3v) is 5.38. The molecule has 1 aliphatic carbocycles. The number of hydrazone groups is 1. The molecule has 3 rings (SSSR count). The fourth-order valence-corrected chi connectivity index (χ4v) is 3.72. The Morgan fingerprint density at radius 1 is 1.23 bits per heavy atom. The molecule has 1 aliphatic heterocycles. The van der Waals surface area contributed by atoms with E-state index in [0.29, 0.717) is 41.6 Å². The van der Waals surface area contributed by atoms with E-state index in [9.17, 15) is 9.59 Å². The predicted octanol–water partition coefficient (Wildman–Crippen LogP) is 3.41. The van der Waals surface area contributed by atoms with Crippen LogP contribution in [0.2, 0.25) is 0 Å². The number of nitrogens with one attached hydrogen (secondary N) is 2. The monoisotopic (exact) mass is 432 g/mol. The van der Waals surface area contributed by atoms with Crippen LogP contribution < -0.4 is 10.6 Å². The summed E-state index contributed by atoms with van der Waals surface area (Å²) in [4.78, 5) is 24.2. The zero-order chi connectivity index (χ0) is 21.7. The van der Waals surface area contributed by atoms with Gasteiger partial charge in [0, 0.05) is 37.6 Å². The minimum absolute atomic E-state index is 0.0822. The van der Waals surface area contributed by atoms with Gasteiger partial charge in [0.15, 0.2) is 0 Å².